The van der Waals surface area contributed by atoms with Crippen LogP contribution in [0.3, 0.4) is 0 Å². The number of hydrogen-bond donors (Lipinski definition) is 1. The van der Waals surface area contributed by atoms with Gasteiger partial charge in [0, 0.05) is 23.9 Å². The largest absolute Gasteiger partial charge is 0.573 e. The molecule has 0 radical (unpaired) electrons. The second-order valence-corrected chi connectivity index (χ2v) is 6.17. The van der Waals surface area contributed by atoms with E-state index in [4.69, 9.17) is 14.2 Å². The third-order valence-corrected chi connectivity index (χ3v) is 4.22. The van der Waals surface area contributed by atoms with Gasteiger partial charge in [0.05, 0.1) is 27.0 Å². The van der Waals surface area contributed by atoms with Gasteiger partial charge in [-0.05, 0) is 30.3 Å². The zero-order chi connectivity index (χ0) is 22.6. The lowest BCUT2D eigenvalue weighted by molar-refractivity contribution is -0.274. The van der Waals surface area contributed by atoms with Crippen LogP contribution >= 0.6 is 0 Å². The van der Waals surface area contributed by atoms with Crippen LogP contribution in [0.1, 0.15) is 0 Å². The van der Waals surface area contributed by atoms with E-state index >= 15 is 0 Å². The normalized spacial score (nSPS) is 11.0. The molecule has 2 aromatic carbocycles. The maximum absolute atomic E-state index is 12.7. The highest BCUT2D eigenvalue weighted by atomic mass is 19.4. The summed E-state index contributed by atoms with van der Waals surface area (Å²) in [5, 5.41) is 3.02. The summed E-state index contributed by atoms with van der Waals surface area (Å²) < 4.78 is 58.3. The molecule has 0 bridgehead atoms. The number of aromatic nitrogens is 1. The Morgan fingerprint density at radius 3 is 2.00 bits per heavy atom. The van der Waals surface area contributed by atoms with Crippen molar-refractivity contribution in [3.8, 4) is 28.7 Å². The van der Waals surface area contributed by atoms with Crippen LogP contribution in [0.25, 0.3) is 5.69 Å². The Morgan fingerprint density at radius 2 is 1.48 bits per heavy atom. The molecule has 0 saturated carbocycles. The van der Waals surface area contributed by atoms with Crippen molar-refractivity contribution < 1.29 is 32.1 Å². The molecule has 0 aliphatic rings. The standard InChI is InChI=1S/C21H19F3N2O5/c1-28-16-11-14(12-17(29-2)20(16)30-3)26-18(5-4-6-19(26)27)25-13-7-9-15(10-8-13)31-21(22,23)24/h4-12,25H,1-3H3. The molecular weight excluding hydrogens is 417 g/mol. The number of halogens is 3. The molecule has 7 nitrogen and oxygen atoms in total. The third kappa shape index (κ3) is 5.03. The molecule has 31 heavy (non-hydrogen) atoms. The molecule has 0 amide bonds. The molecule has 10 heteroatoms. The Balaban J connectivity index is 2.01. The van der Waals surface area contributed by atoms with Crippen molar-refractivity contribution in [1.82, 2.24) is 4.57 Å². The van der Waals surface area contributed by atoms with Crippen molar-refractivity contribution in [2.75, 3.05) is 26.6 Å². The second-order valence-electron chi connectivity index (χ2n) is 6.17. The summed E-state index contributed by atoms with van der Waals surface area (Å²) in [7, 11) is 4.38. The molecule has 0 spiro atoms. The first kappa shape index (κ1) is 21.9. The van der Waals surface area contributed by atoms with E-state index in [0.717, 1.165) is 0 Å². The number of methoxy groups -OCH3 is 3. The van der Waals surface area contributed by atoms with Crippen LogP contribution in [0, 0.1) is 0 Å². The van der Waals surface area contributed by atoms with Crippen LogP contribution in [0.2, 0.25) is 0 Å². The Morgan fingerprint density at radius 1 is 0.871 bits per heavy atom. The molecule has 0 atom stereocenters. The van der Waals surface area contributed by atoms with E-state index in [2.05, 4.69) is 10.1 Å². The van der Waals surface area contributed by atoms with Gasteiger partial charge in [-0.1, -0.05) is 6.07 Å². The predicted octanol–water partition coefficient (Wildman–Crippen LogP) is 4.51. The Hall–Kier alpha value is -3.82. The van der Waals surface area contributed by atoms with Gasteiger partial charge < -0.3 is 24.3 Å². The van der Waals surface area contributed by atoms with Gasteiger partial charge in [-0.15, -0.1) is 13.2 Å². The fraction of sp³-hybridized carbons (Fsp3) is 0.190. The van der Waals surface area contributed by atoms with Gasteiger partial charge in [0.2, 0.25) is 5.75 Å². The van der Waals surface area contributed by atoms with Gasteiger partial charge in [-0.2, -0.15) is 0 Å². The van der Waals surface area contributed by atoms with Crippen molar-refractivity contribution >= 4 is 11.5 Å². The summed E-state index contributed by atoms with van der Waals surface area (Å²) in [6.07, 6.45) is -4.78. The molecule has 1 heterocycles. The summed E-state index contributed by atoms with van der Waals surface area (Å²) >= 11 is 0. The summed E-state index contributed by atoms with van der Waals surface area (Å²) in [5.74, 6) is 1.09. The number of anilines is 2. The average molecular weight is 436 g/mol. The fourth-order valence-electron chi connectivity index (χ4n) is 2.94. The molecule has 0 aliphatic carbocycles. The highest BCUT2D eigenvalue weighted by molar-refractivity contribution is 5.63. The molecule has 1 N–H and O–H groups in total. The van der Waals surface area contributed by atoms with Crippen molar-refractivity contribution in [2.24, 2.45) is 0 Å². The summed E-state index contributed by atoms with van der Waals surface area (Å²) in [4.78, 5) is 12.7. The molecule has 1 aromatic heterocycles. The lowest BCUT2D eigenvalue weighted by Crippen LogP contribution is -2.20. The van der Waals surface area contributed by atoms with E-state index in [9.17, 15) is 18.0 Å². The smallest absolute Gasteiger partial charge is 0.493 e. The molecule has 0 aliphatic heterocycles. The lowest BCUT2D eigenvalue weighted by Gasteiger charge is -2.18. The number of rotatable bonds is 7. The van der Waals surface area contributed by atoms with E-state index in [-0.39, 0.29) is 11.3 Å². The molecule has 164 valence electrons. The Labute approximate surface area is 175 Å². The monoisotopic (exact) mass is 436 g/mol. The summed E-state index contributed by atoms with van der Waals surface area (Å²) in [6.45, 7) is 0. The van der Waals surface area contributed by atoms with Crippen LogP contribution in [-0.2, 0) is 0 Å². The number of nitrogens with one attached hydrogen (secondary N) is 1. The minimum atomic E-state index is -4.78. The first-order valence-corrected chi connectivity index (χ1v) is 8.91. The van der Waals surface area contributed by atoms with E-state index in [0.29, 0.717) is 34.4 Å². The summed E-state index contributed by atoms with van der Waals surface area (Å²) in [5.41, 5.74) is 0.525. The highest BCUT2D eigenvalue weighted by Gasteiger charge is 2.31. The van der Waals surface area contributed by atoms with Gasteiger partial charge in [0.15, 0.2) is 11.5 Å². The maximum Gasteiger partial charge on any atom is 0.573 e. The SMILES string of the molecule is COc1cc(-n2c(Nc3ccc(OC(F)(F)F)cc3)cccc2=O)cc(OC)c1OC. The van der Waals surface area contributed by atoms with Gasteiger partial charge in [-0.3, -0.25) is 9.36 Å². The molecule has 0 fully saturated rings. The zero-order valence-corrected chi connectivity index (χ0v) is 16.8. The van der Waals surface area contributed by atoms with E-state index in [1.165, 1.54) is 56.2 Å². The molecular formula is C21H19F3N2O5. The number of hydrogen-bond acceptors (Lipinski definition) is 6. The molecule has 3 aromatic rings. The number of benzene rings is 2. The van der Waals surface area contributed by atoms with Gasteiger partial charge in [0.1, 0.15) is 11.6 Å². The number of nitrogens with zero attached hydrogens (tertiary/aromatic N) is 1. The van der Waals surface area contributed by atoms with Crippen molar-refractivity contribution in [3.63, 3.8) is 0 Å². The van der Waals surface area contributed by atoms with Crippen LogP contribution in [0.4, 0.5) is 24.7 Å². The highest BCUT2D eigenvalue weighted by Crippen LogP contribution is 2.39. The van der Waals surface area contributed by atoms with Crippen molar-refractivity contribution in [3.05, 3.63) is 65.0 Å². The average Bonchev–Trinajstić information content (AvgIpc) is 2.73. The summed E-state index contributed by atoms with van der Waals surface area (Å²) in [6, 6.07) is 12.9. The topological polar surface area (TPSA) is 71.0 Å². The van der Waals surface area contributed by atoms with Crippen LogP contribution in [0.15, 0.2) is 59.4 Å². The van der Waals surface area contributed by atoms with E-state index in [1.807, 2.05) is 0 Å². The third-order valence-electron chi connectivity index (χ3n) is 4.22. The van der Waals surface area contributed by atoms with Gasteiger partial charge >= 0.3 is 6.36 Å². The van der Waals surface area contributed by atoms with Crippen LogP contribution < -0.4 is 29.8 Å². The first-order chi connectivity index (χ1) is 14.8. The molecule has 0 unspecified atom stereocenters. The zero-order valence-electron chi connectivity index (χ0n) is 16.8. The van der Waals surface area contributed by atoms with E-state index < -0.39 is 6.36 Å². The predicted molar refractivity (Wildman–Crippen MR) is 108 cm³/mol. The Kier molecular flexibility index (Phi) is 6.28. The van der Waals surface area contributed by atoms with Gasteiger partial charge in [-0.25, -0.2) is 0 Å². The first-order valence-electron chi connectivity index (χ1n) is 8.91. The lowest BCUT2D eigenvalue weighted by atomic mass is 10.2. The fourth-order valence-corrected chi connectivity index (χ4v) is 2.94. The second kappa shape index (κ2) is 8.90. The van der Waals surface area contributed by atoms with Crippen molar-refractivity contribution in [1.29, 1.82) is 0 Å². The maximum atomic E-state index is 12.7. The van der Waals surface area contributed by atoms with E-state index in [1.54, 1.807) is 24.3 Å². The van der Waals surface area contributed by atoms with Crippen LogP contribution in [0.5, 0.6) is 23.0 Å². The molecule has 0 saturated heterocycles. The minimum Gasteiger partial charge on any atom is -0.493 e. The van der Waals surface area contributed by atoms with Gasteiger partial charge in [0.25, 0.3) is 5.56 Å². The van der Waals surface area contributed by atoms with Crippen LogP contribution in [-0.4, -0.2) is 32.3 Å². The minimum absolute atomic E-state index is 0.351. The number of ether oxygens (including phenoxy) is 4. The molecule has 3 rings (SSSR count). The Bertz CT molecular complexity index is 1090. The quantitative estimate of drug-likeness (QED) is 0.588. The number of alkyl halides is 3. The number of pyridine rings is 1. The van der Waals surface area contributed by atoms with Crippen molar-refractivity contribution in [2.45, 2.75) is 6.36 Å².